The lowest BCUT2D eigenvalue weighted by molar-refractivity contribution is -0.129. The standard InChI is InChI=1S/C21H22Cl2N2O3S/c22-15-10-9-14(12-16(15)23)19-13-21(27)25(11-5-1-2-8-20(26)24-28)17-6-3-4-7-18(17)29-19/h3-4,6-7,9-10,12,19,28H,1-2,5,8,11,13H2,(H,24,26)/t19-/m1/s1. The number of fused-ring (bicyclic) bond motifs is 1. The van der Waals surface area contributed by atoms with Crippen molar-refractivity contribution in [2.45, 2.75) is 42.2 Å². The number of para-hydroxylation sites is 1. The number of carbonyl (C=O) groups excluding carboxylic acids is 2. The summed E-state index contributed by atoms with van der Waals surface area (Å²) >= 11 is 13.9. The van der Waals surface area contributed by atoms with Gasteiger partial charge in [0.15, 0.2) is 0 Å². The Labute approximate surface area is 184 Å². The van der Waals surface area contributed by atoms with Gasteiger partial charge in [0, 0.05) is 29.5 Å². The van der Waals surface area contributed by atoms with Gasteiger partial charge in [-0.3, -0.25) is 14.8 Å². The maximum atomic E-state index is 13.1. The summed E-state index contributed by atoms with van der Waals surface area (Å²) in [5.74, 6) is -0.325. The molecule has 1 heterocycles. The van der Waals surface area contributed by atoms with Crippen molar-refractivity contribution in [2.75, 3.05) is 11.4 Å². The van der Waals surface area contributed by atoms with Crippen LogP contribution in [-0.4, -0.2) is 23.6 Å². The summed E-state index contributed by atoms with van der Waals surface area (Å²) in [6.45, 7) is 0.589. The molecule has 2 amide bonds. The van der Waals surface area contributed by atoms with Crippen LogP contribution in [0.15, 0.2) is 47.4 Å². The molecule has 29 heavy (non-hydrogen) atoms. The summed E-state index contributed by atoms with van der Waals surface area (Å²) in [5, 5.41) is 9.49. The molecule has 0 saturated carbocycles. The van der Waals surface area contributed by atoms with Crippen LogP contribution in [0, 0.1) is 0 Å². The first-order chi connectivity index (χ1) is 14.0. The third-order valence-corrected chi connectivity index (χ3v) is 6.87. The summed E-state index contributed by atoms with van der Waals surface area (Å²) in [5.41, 5.74) is 3.53. The van der Waals surface area contributed by atoms with Crippen molar-refractivity contribution in [3.05, 3.63) is 58.1 Å². The minimum atomic E-state index is -0.387. The number of hydroxylamine groups is 1. The third-order valence-electron chi connectivity index (χ3n) is 4.81. The molecule has 1 atom stereocenters. The van der Waals surface area contributed by atoms with Crippen LogP contribution in [0.4, 0.5) is 5.69 Å². The first-order valence-corrected chi connectivity index (χ1v) is 11.1. The molecule has 0 fully saturated rings. The van der Waals surface area contributed by atoms with Gasteiger partial charge in [-0.2, -0.15) is 0 Å². The van der Waals surface area contributed by atoms with Crippen LogP contribution in [0.1, 0.15) is 42.9 Å². The Morgan fingerprint density at radius 3 is 2.69 bits per heavy atom. The Morgan fingerprint density at radius 1 is 1.14 bits per heavy atom. The lowest BCUT2D eigenvalue weighted by Crippen LogP contribution is -2.31. The van der Waals surface area contributed by atoms with Gasteiger partial charge in [-0.05, 0) is 42.7 Å². The highest BCUT2D eigenvalue weighted by Gasteiger charge is 2.29. The van der Waals surface area contributed by atoms with Crippen molar-refractivity contribution in [1.82, 2.24) is 5.48 Å². The van der Waals surface area contributed by atoms with Gasteiger partial charge in [-0.15, -0.1) is 11.8 Å². The number of hydrogen-bond donors (Lipinski definition) is 2. The second-order valence-electron chi connectivity index (χ2n) is 6.84. The van der Waals surface area contributed by atoms with E-state index in [1.54, 1.807) is 23.3 Å². The highest BCUT2D eigenvalue weighted by atomic mass is 35.5. The summed E-state index contributed by atoms with van der Waals surface area (Å²) < 4.78 is 0. The fraction of sp³-hybridized carbons (Fsp3) is 0.333. The van der Waals surface area contributed by atoms with Crippen molar-refractivity contribution < 1.29 is 14.8 Å². The highest BCUT2D eigenvalue weighted by molar-refractivity contribution is 7.99. The largest absolute Gasteiger partial charge is 0.311 e. The molecule has 1 aliphatic rings. The Bertz CT molecular complexity index is 894. The molecule has 2 aromatic rings. The van der Waals surface area contributed by atoms with Gasteiger partial charge >= 0.3 is 0 Å². The Morgan fingerprint density at radius 2 is 1.93 bits per heavy atom. The predicted molar refractivity (Wildman–Crippen MR) is 117 cm³/mol. The van der Waals surface area contributed by atoms with Gasteiger partial charge < -0.3 is 4.90 Å². The van der Waals surface area contributed by atoms with Crippen LogP contribution in [0.25, 0.3) is 0 Å². The van der Waals surface area contributed by atoms with Gasteiger partial charge in [0.1, 0.15) is 0 Å². The minimum Gasteiger partial charge on any atom is -0.311 e. The monoisotopic (exact) mass is 452 g/mol. The molecule has 0 bridgehead atoms. The lowest BCUT2D eigenvalue weighted by Gasteiger charge is -2.22. The average molecular weight is 453 g/mol. The zero-order valence-electron chi connectivity index (χ0n) is 15.7. The number of hydrogen-bond acceptors (Lipinski definition) is 4. The lowest BCUT2D eigenvalue weighted by atomic mass is 10.1. The molecule has 0 aromatic heterocycles. The molecule has 0 saturated heterocycles. The molecular formula is C21H22Cl2N2O3S. The molecular weight excluding hydrogens is 431 g/mol. The number of rotatable bonds is 7. The van der Waals surface area contributed by atoms with Crippen molar-refractivity contribution in [3.63, 3.8) is 0 Å². The van der Waals surface area contributed by atoms with Crippen molar-refractivity contribution in [1.29, 1.82) is 0 Å². The molecule has 8 heteroatoms. The number of nitrogens with zero attached hydrogens (tertiary/aromatic N) is 1. The molecule has 1 aliphatic heterocycles. The molecule has 0 aliphatic carbocycles. The first kappa shape index (κ1) is 22.0. The van der Waals surface area contributed by atoms with Crippen LogP contribution < -0.4 is 10.4 Å². The van der Waals surface area contributed by atoms with Crippen molar-refractivity contribution in [3.8, 4) is 0 Å². The smallest absolute Gasteiger partial charge is 0.243 e. The van der Waals surface area contributed by atoms with E-state index in [2.05, 4.69) is 0 Å². The minimum absolute atomic E-state index is 0.0448. The number of amides is 2. The van der Waals surface area contributed by atoms with Crippen molar-refractivity contribution in [2.24, 2.45) is 0 Å². The van der Waals surface area contributed by atoms with Crippen LogP contribution in [0.2, 0.25) is 10.0 Å². The Balaban J connectivity index is 1.73. The molecule has 2 aromatic carbocycles. The Kier molecular flexibility index (Phi) is 7.84. The molecule has 0 radical (unpaired) electrons. The van der Waals surface area contributed by atoms with Gasteiger partial charge in [0.05, 0.1) is 15.7 Å². The number of anilines is 1. The van der Waals surface area contributed by atoms with E-state index >= 15 is 0 Å². The summed E-state index contributed by atoms with van der Waals surface area (Å²) in [7, 11) is 0. The molecule has 0 unspecified atom stereocenters. The number of nitrogens with one attached hydrogen (secondary N) is 1. The molecule has 2 N–H and O–H groups in total. The SMILES string of the molecule is O=C(CCCCCN1C(=O)C[C@H](c2ccc(Cl)c(Cl)c2)Sc2ccccc21)NO. The maximum Gasteiger partial charge on any atom is 0.243 e. The van der Waals surface area contributed by atoms with E-state index in [0.29, 0.717) is 29.4 Å². The van der Waals surface area contributed by atoms with Crippen LogP contribution >= 0.6 is 35.0 Å². The zero-order valence-corrected chi connectivity index (χ0v) is 18.1. The number of unbranched alkanes of at least 4 members (excludes halogenated alkanes) is 2. The fourth-order valence-electron chi connectivity index (χ4n) is 3.31. The predicted octanol–water partition coefficient (Wildman–Crippen LogP) is 5.63. The molecule has 3 rings (SSSR count). The van der Waals surface area contributed by atoms with Crippen LogP contribution in [0.3, 0.4) is 0 Å². The van der Waals surface area contributed by atoms with Crippen molar-refractivity contribution >= 4 is 52.5 Å². The van der Waals surface area contributed by atoms with Crippen LogP contribution in [0.5, 0.6) is 0 Å². The number of benzene rings is 2. The van der Waals surface area contributed by atoms with Gasteiger partial charge in [-0.25, -0.2) is 5.48 Å². The summed E-state index contributed by atoms with van der Waals surface area (Å²) in [6.07, 6.45) is 2.88. The van der Waals surface area contributed by atoms with E-state index in [4.69, 9.17) is 28.4 Å². The van der Waals surface area contributed by atoms with Gasteiger partial charge in [0.2, 0.25) is 11.8 Å². The van der Waals surface area contributed by atoms with Gasteiger partial charge in [-0.1, -0.05) is 47.8 Å². The van der Waals surface area contributed by atoms with E-state index in [-0.39, 0.29) is 23.5 Å². The number of halogens is 2. The maximum absolute atomic E-state index is 13.1. The van der Waals surface area contributed by atoms with E-state index in [1.807, 2.05) is 41.3 Å². The number of carbonyl (C=O) groups is 2. The summed E-state index contributed by atoms with van der Waals surface area (Å²) in [6, 6.07) is 13.4. The topological polar surface area (TPSA) is 69.6 Å². The summed E-state index contributed by atoms with van der Waals surface area (Å²) in [4.78, 5) is 27.1. The van der Waals surface area contributed by atoms with E-state index < -0.39 is 0 Å². The molecule has 154 valence electrons. The second-order valence-corrected chi connectivity index (χ2v) is 8.90. The first-order valence-electron chi connectivity index (χ1n) is 9.43. The van der Waals surface area contributed by atoms with Gasteiger partial charge in [0.25, 0.3) is 0 Å². The quantitative estimate of drug-likeness (QED) is 0.324. The van der Waals surface area contributed by atoms with Crippen LogP contribution in [-0.2, 0) is 9.59 Å². The zero-order chi connectivity index (χ0) is 20.8. The highest BCUT2D eigenvalue weighted by Crippen LogP contribution is 2.46. The second kappa shape index (κ2) is 10.3. The van der Waals surface area contributed by atoms with E-state index in [1.165, 1.54) is 0 Å². The average Bonchev–Trinajstić information content (AvgIpc) is 2.86. The molecule has 5 nitrogen and oxygen atoms in total. The normalized spacial score (nSPS) is 16.3. The van der Waals surface area contributed by atoms with E-state index in [9.17, 15) is 9.59 Å². The molecule has 0 spiro atoms. The fourth-order valence-corrected chi connectivity index (χ4v) is 4.89. The third kappa shape index (κ3) is 5.66. The Hall–Kier alpha value is -1.73. The number of thioether (sulfide) groups is 1. The van der Waals surface area contributed by atoms with E-state index in [0.717, 1.165) is 29.0 Å².